The van der Waals surface area contributed by atoms with E-state index in [1.54, 1.807) is 0 Å². The first-order chi connectivity index (χ1) is 12.4. The molecule has 0 aromatic rings. The summed E-state index contributed by atoms with van der Waals surface area (Å²) in [5.74, 6) is 0. The zero-order valence-corrected chi connectivity index (χ0v) is 20.1. The second-order valence-corrected chi connectivity index (χ2v) is 8.82. The number of hydrogen-bond acceptors (Lipinski definition) is 0. The van der Waals surface area contributed by atoms with Crippen LogP contribution in [-0.4, -0.2) is 0 Å². The van der Waals surface area contributed by atoms with E-state index in [0.717, 1.165) is 0 Å². The Morgan fingerprint density at radius 2 is 0.615 bits per heavy atom. The Kier molecular flexibility index (Phi) is 8.07. The van der Waals surface area contributed by atoms with Gasteiger partial charge >= 0.3 is 0 Å². The largest absolute Gasteiger partial charge is 0.0648 e. The maximum Gasteiger partial charge on any atom is -0.00287 e. The van der Waals surface area contributed by atoms with E-state index in [2.05, 4.69) is 69.2 Å². The molecule has 1 aliphatic rings. The Morgan fingerprint density at radius 3 is 0.731 bits per heavy atom. The minimum atomic E-state index is 0.385. The van der Waals surface area contributed by atoms with Crippen LogP contribution in [0, 0.1) is 21.7 Å². The SMILES string of the molecule is CCC1=C(CC)C(CC)(CC)C(CC)(CC)C(CC)(CC)C1(CC)CC. The Morgan fingerprint density at radius 1 is 0.385 bits per heavy atom. The van der Waals surface area contributed by atoms with E-state index >= 15 is 0 Å². The summed E-state index contributed by atoms with van der Waals surface area (Å²) in [6.45, 7) is 24.9. The molecule has 26 heavy (non-hydrogen) atoms. The molecule has 0 bridgehead atoms. The predicted molar refractivity (Wildman–Crippen MR) is 120 cm³/mol. The smallest absolute Gasteiger partial charge is 0.00287 e. The molecule has 0 N–H and O–H groups in total. The molecule has 1 rings (SSSR count). The first-order valence-electron chi connectivity index (χ1n) is 12.1. The molecule has 0 fully saturated rings. The third-order valence-electron chi connectivity index (χ3n) is 9.80. The van der Waals surface area contributed by atoms with Gasteiger partial charge in [-0.05, 0) is 85.9 Å². The molecular formula is C26H50. The highest BCUT2D eigenvalue weighted by molar-refractivity contribution is 5.40. The van der Waals surface area contributed by atoms with Gasteiger partial charge in [0, 0.05) is 0 Å². The van der Waals surface area contributed by atoms with Gasteiger partial charge in [-0.1, -0.05) is 80.4 Å². The molecule has 0 saturated carbocycles. The summed E-state index contributed by atoms with van der Waals surface area (Å²) in [6, 6.07) is 0. The van der Waals surface area contributed by atoms with Crippen molar-refractivity contribution in [2.45, 2.75) is 133 Å². The molecule has 0 aromatic carbocycles. The molecule has 1 aliphatic carbocycles. The van der Waals surface area contributed by atoms with Crippen molar-refractivity contribution in [3.63, 3.8) is 0 Å². The van der Waals surface area contributed by atoms with E-state index in [-0.39, 0.29) is 0 Å². The Balaban J connectivity index is 4.26. The highest BCUT2D eigenvalue weighted by Gasteiger charge is 2.68. The van der Waals surface area contributed by atoms with Crippen molar-refractivity contribution in [3.05, 3.63) is 11.1 Å². The first kappa shape index (κ1) is 23.8. The van der Waals surface area contributed by atoms with Crippen LogP contribution in [0.2, 0.25) is 0 Å². The second kappa shape index (κ2) is 8.83. The molecule has 0 atom stereocenters. The van der Waals surface area contributed by atoms with Gasteiger partial charge in [-0.25, -0.2) is 0 Å². The van der Waals surface area contributed by atoms with E-state index in [9.17, 15) is 0 Å². The lowest BCUT2D eigenvalue weighted by molar-refractivity contribution is -0.174. The fourth-order valence-electron chi connectivity index (χ4n) is 9.09. The molecule has 0 heteroatoms. The normalized spacial score (nSPS) is 23.3. The molecule has 0 nitrogen and oxygen atoms in total. The zero-order chi connectivity index (χ0) is 20.2. The van der Waals surface area contributed by atoms with Crippen molar-refractivity contribution in [2.75, 3.05) is 0 Å². The maximum absolute atomic E-state index is 2.52. The summed E-state index contributed by atoms with van der Waals surface area (Å²) in [6.07, 6.45) is 13.0. The van der Waals surface area contributed by atoms with Crippen molar-refractivity contribution in [2.24, 2.45) is 21.7 Å². The minimum absolute atomic E-state index is 0.385. The van der Waals surface area contributed by atoms with E-state index in [0.29, 0.717) is 21.7 Å². The van der Waals surface area contributed by atoms with Gasteiger partial charge < -0.3 is 0 Å². The van der Waals surface area contributed by atoms with Crippen LogP contribution in [0.25, 0.3) is 0 Å². The number of allylic oxidation sites excluding steroid dienone is 2. The molecule has 0 saturated heterocycles. The third kappa shape index (κ3) is 2.45. The lowest BCUT2D eigenvalue weighted by atomic mass is 9.32. The lowest BCUT2D eigenvalue weighted by Crippen LogP contribution is -2.64. The van der Waals surface area contributed by atoms with Crippen LogP contribution in [0.15, 0.2) is 11.1 Å². The number of rotatable bonds is 10. The average Bonchev–Trinajstić information content (AvgIpc) is 2.70. The zero-order valence-electron chi connectivity index (χ0n) is 20.1. The standard InChI is InChI=1S/C26H50/c1-11-21-22(12-2)24(15-5,16-6)26(19-9,20-10)25(17-7,18-8)23(21,13-3)14-4/h11-20H2,1-10H3. The first-order valence-corrected chi connectivity index (χ1v) is 12.1. The Hall–Kier alpha value is -0.260. The highest BCUT2D eigenvalue weighted by Crippen LogP contribution is 2.77. The number of hydrogen-bond donors (Lipinski definition) is 0. The van der Waals surface area contributed by atoms with Crippen molar-refractivity contribution < 1.29 is 0 Å². The summed E-state index contributed by atoms with van der Waals surface area (Å²) >= 11 is 0. The van der Waals surface area contributed by atoms with Gasteiger partial charge in [-0.15, -0.1) is 0 Å². The quantitative estimate of drug-likeness (QED) is 0.339. The molecule has 154 valence electrons. The summed E-state index contributed by atoms with van der Waals surface area (Å²) in [5.41, 5.74) is 5.35. The lowest BCUT2D eigenvalue weighted by Gasteiger charge is -2.72. The molecule has 0 heterocycles. The van der Waals surface area contributed by atoms with Crippen molar-refractivity contribution in [1.82, 2.24) is 0 Å². The molecule has 0 spiro atoms. The third-order valence-corrected chi connectivity index (χ3v) is 9.80. The Bertz CT molecular complexity index is 418. The maximum atomic E-state index is 2.52. The summed E-state index contributed by atoms with van der Waals surface area (Å²) in [4.78, 5) is 0. The minimum Gasteiger partial charge on any atom is -0.0648 e. The Labute approximate surface area is 166 Å². The molecule has 0 amide bonds. The van der Waals surface area contributed by atoms with Gasteiger partial charge in [0.2, 0.25) is 0 Å². The van der Waals surface area contributed by atoms with Gasteiger partial charge in [-0.3, -0.25) is 0 Å². The van der Waals surface area contributed by atoms with Crippen molar-refractivity contribution in [1.29, 1.82) is 0 Å². The van der Waals surface area contributed by atoms with Crippen LogP contribution in [0.1, 0.15) is 133 Å². The summed E-state index contributed by atoms with van der Waals surface area (Å²) in [7, 11) is 0. The van der Waals surface area contributed by atoms with Gasteiger partial charge in [0.05, 0.1) is 0 Å². The van der Waals surface area contributed by atoms with Gasteiger partial charge in [0.1, 0.15) is 0 Å². The van der Waals surface area contributed by atoms with E-state index in [1.165, 1.54) is 64.2 Å². The van der Waals surface area contributed by atoms with Gasteiger partial charge in [-0.2, -0.15) is 0 Å². The monoisotopic (exact) mass is 362 g/mol. The van der Waals surface area contributed by atoms with Crippen molar-refractivity contribution in [3.8, 4) is 0 Å². The molecule has 0 unspecified atom stereocenters. The second-order valence-electron chi connectivity index (χ2n) is 8.82. The van der Waals surface area contributed by atoms with Gasteiger partial charge in [0.25, 0.3) is 0 Å². The predicted octanol–water partition coefficient (Wildman–Crippen LogP) is 9.34. The summed E-state index contributed by atoms with van der Waals surface area (Å²) in [5, 5.41) is 0. The summed E-state index contributed by atoms with van der Waals surface area (Å²) < 4.78 is 0. The van der Waals surface area contributed by atoms with Gasteiger partial charge in [0.15, 0.2) is 0 Å². The van der Waals surface area contributed by atoms with Crippen LogP contribution in [0.5, 0.6) is 0 Å². The van der Waals surface area contributed by atoms with E-state index < -0.39 is 0 Å². The van der Waals surface area contributed by atoms with Crippen LogP contribution in [0.3, 0.4) is 0 Å². The molecule has 0 aliphatic heterocycles. The average molecular weight is 363 g/mol. The highest BCUT2D eigenvalue weighted by atomic mass is 14.7. The van der Waals surface area contributed by atoms with E-state index in [4.69, 9.17) is 0 Å². The van der Waals surface area contributed by atoms with Crippen LogP contribution in [-0.2, 0) is 0 Å². The fraction of sp³-hybridized carbons (Fsp3) is 0.923. The topological polar surface area (TPSA) is 0 Å². The molecular weight excluding hydrogens is 312 g/mol. The van der Waals surface area contributed by atoms with Crippen LogP contribution in [0.4, 0.5) is 0 Å². The van der Waals surface area contributed by atoms with Crippen molar-refractivity contribution >= 4 is 0 Å². The van der Waals surface area contributed by atoms with Crippen LogP contribution < -0.4 is 0 Å². The fourth-order valence-corrected chi connectivity index (χ4v) is 9.09. The van der Waals surface area contributed by atoms with Crippen LogP contribution >= 0.6 is 0 Å². The van der Waals surface area contributed by atoms with E-state index in [1.807, 2.05) is 11.1 Å². The molecule has 0 radical (unpaired) electrons. The molecule has 0 aromatic heterocycles.